The predicted octanol–water partition coefficient (Wildman–Crippen LogP) is 3.83. The highest BCUT2D eigenvalue weighted by atomic mass is 127. The Morgan fingerprint density at radius 1 is 1.26 bits per heavy atom. The van der Waals surface area contributed by atoms with E-state index in [9.17, 15) is 0 Å². The third kappa shape index (κ3) is 5.93. The van der Waals surface area contributed by atoms with Crippen molar-refractivity contribution in [3.05, 3.63) is 42.1 Å². The molecule has 1 heterocycles. The number of hydrogen-bond donors (Lipinski definition) is 2. The van der Waals surface area contributed by atoms with Gasteiger partial charge in [0.25, 0.3) is 0 Å². The molecular formula is C20H29IN4O2. The van der Waals surface area contributed by atoms with Gasteiger partial charge in [-0.15, -0.1) is 24.0 Å². The summed E-state index contributed by atoms with van der Waals surface area (Å²) in [4.78, 5) is 4.31. The maximum absolute atomic E-state index is 5.44. The minimum atomic E-state index is 0. The third-order valence-electron chi connectivity index (χ3n) is 5.16. The molecule has 0 atom stereocenters. The summed E-state index contributed by atoms with van der Waals surface area (Å²) in [7, 11) is 3.55. The molecule has 1 aliphatic rings. The van der Waals surface area contributed by atoms with E-state index in [1.165, 1.54) is 19.3 Å². The summed E-state index contributed by atoms with van der Waals surface area (Å²) < 4.78 is 10.7. The zero-order chi connectivity index (χ0) is 18.2. The van der Waals surface area contributed by atoms with Crippen molar-refractivity contribution >= 4 is 29.9 Å². The average Bonchev–Trinajstić information content (AvgIpc) is 3.12. The second-order valence-electron chi connectivity index (χ2n) is 6.92. The second-order valence-corrected chi connectivity index (χ2v) is 6.92. The van der Waals surface area contributed by atoms with Crippen molar-refractivity contribution in [2.75, 3.05) is 27.3 Å². The van der Waals surface area contributed by atoms with E-state index in [4.69, 9.17) is 9.26 Å². The number of rotatable bonds is 8. The van der Waals surface area contributed by atoms with Crippen molar-refractivity contribution in [1.29, 1.82) is 0 Å². The van der Waals surface area contributed by atoms with Gasteiger partial charge in [0, 0.05) is 38.9 Å². The quantitative estimate of drug-likeness (QED) is 0.339. The number of hydrogen-bond acceptors (Lipinski definition) is 4. The number of aromatic nitrogens is 1. The molecule has 1 saturated carbocycles. The van der Waals surface area contributed by atoms with Crippen molar-refractivity contribution in [3.8, 4) is 11.3 Å². The van der Waals surface area contributed by atoms with Crippen LogP contribution in [0.3, 0.4) is 0 Å². The Bertz CT molecular complexity index is 714. The van der Waals surface area contributed by atoms with Crippen LogP contribution in [0.5, 0.6) is 0 Å². The predicted molar refractivity (Wildman–Crippen MR) is 118 cm³/mol. The van der Waals surface area contributed by atoms with E-state index in [0.29, 0.717) is 12.0 Å². The van der Waals surface area contributed by atoms with Gasteiger partial charge in [-0.2, -0.15) is 0 Å². The molecule has 3 rings (SSSR count). The highest BCUT2D eigenvalue weighted by Gasteiger charge is 2.36. The highest BCUT2D eigenvalue weighted by Crippen LogP contribution is 2.43. The third-order valence-corrected chi connectivity index (χ3v) is 5.16. The molecule has 0 saturated heterocycles. The Morgan fingerprint density at radius 3 is 2.67 bits per heavy atom. The van der Waals surface area contributed by atoms with E-state index in [1.807, 2.05) is 36.4 Å². The molecule has 0 spiro atoms. The molecule has 2 N–H and O–H groups in total. The summed E-state index contributed by atoms with van der Waals surface area (Å²) in [5, 5.41) is 10.9. The fourth-order valence-electron chi connectivity index (χ4n) is 3.31. The van der Waals surface area contributed by atoms with Gasteiger partial charge in [0.15, 0.2) is 11.7 Å². The molecular weight excluding hydrogens is 455 g/mol. The van der Waals surface area contributed by atoms with Gasteiger partial charge in [0.05, 0.1) is 6.54 Å². The highest BCUT2D eigenvalue weighted by molar-refractivity contribution is 14.0. The number of guanidine groups is 1. The molecule has 1 aromatic heterocycles. The summed E-state index contributed by atoms with van der Waals surface area (Å²) in [5.74, 6) is 1.57. The summed E-state index contributed by atoms with van der Waals surface area (Å²) in [5.41, 5.74) is 2.23. The number of nitrogens with zero attached hydrogens (tertiary/aromatic N) is 2. The van der Waals surface area contributed by atoms with Crippen molar-refractivity contribution in [3.63, 3.8) is 0 Å². The van der Waals surface area contributed by atoms with Crippen LogP contribution in [0.4, 0.5) is 0 Å². The molecule has 7 heteroatoms. The number of ether oxygens (including phenoxy) is 1. The van der Waals surface area contributed by atoms with Crippen molar-refractivity contribution in [2.24, 2.45) is 10.4 Å². The second kappa shape index (κ2) is 10.7. The lowest BCUT2D eigenvalue weighted by Gasteiger charge is -2.42. The summed E-state index contributed by atoms with van der Waals surface area (Å²) in [6.07, 6.45) is 4.91. The van der Waals surface area contributed by atoms with Crippen LogP contribution in [0.2, 0.25) is 0 Å². The Labute approximate surface area is 178 Å². The van der Waals surface area contributed by atoms with Crippen LogP contribution in [0, 0.1) is 5.41 Å². The van der Waals surface area contributed by atoms with E-state index in [2.05, 4.69) is 20.8 Å². The fraction of sp³-hybridized carbons (Fsp3) is 0.500. The lowest BCUT2D eigenvalue weighted by molar-refractivity contribution is 0.0732. The zero-order valence-corrected chi connectivity index (χ0v) is 18.4. The first-order chi connectivity index (χ1) is 12.7. The molecule has 2 aromatic rings. The molecule has 6 nitrogen and oxygen atoms in total. The van der Waals surface area contributed by atoms with Crippen molar-refractivity contribution in [2.45, 2.75) is 32.2 Å². The molecule has 0 unspecified atom stereocenters. The lowest BCUT2D eigenvalue weighted by Crippen LogP contribution is -2.46. The van der Waals surface area contributed by atoms with Crippen LogP contribution in [0.1, 0.15) is 31.4 Å². The van der Waals surface area contributed by atoms with Crippen LogP contribution in [-0.2, 0) is 11.3 Å². The number of halogens is 1. The number of nitrogens with one attached hydrogen (secondary N) is 2. The first-order valence-electron chi connectivity index (χ1n) is 9.19. The Balaban J connectivity index is 0.00000261. The average molecular weight is 484 g/mol. The van der Waals surface area contributed by atoms with Crippen molar-refractivity contribution < 1.29 is 9.26 Å². The minimum Gasteiger partial charge on any atom is -0.385 e. The van der Waals surface area contributed by atoms with Gasteiger partial charge in [-0.3, -0.25) is 4.99 Å². The summed E-state index contributed by atoms with van der Waals surface area (Å²) in [6.45, 7) is 2.31. The largest absolute Gasteiger partial charge is 0.385 e. The van der Waals surface area contributed by atoms with Gasteiger partial charge in [0.2, 0.25) is 0 Å². The molecule has 0 bridgehead atoms. The van der Waals surface area contributed by atoms with Crippen molar-refractivity contribution in [1.82, 2.24) is 15.8 Å². The SMILES string of the molecule is CN=C(NCc1cc(-c2ccccc2)on1)NCC1(CCOC)CCC1.I. The van der Waals surface area contributed by atoms with Gasteiger partial charge in [0.1, 0.15) is 5.69 Å². The van der Waals surface area contributed by atoms with E-state index in [1.54, 1.807) is 14.2 Å². The molecule has 1 aliphatic carbocycles. The molecule has 148 valence electrons. The van der Waals surface area contributed by atoms with Gasteiger partial charge in [-0.05, 0) is 24.7 Å². The molecule has 0 amide bonds. The van der Waals surface area contributed by atoms with E-state index in [-0.39, 0.29) is 24.0 Å². The van der Waals surface area contributed by atoms with E-state index in [0.717, 1.165) is 42.5 Å². The van der Waals surface area contributed by atoms with Crippen LogP contribution < -0.4 is 10.6 Å². The van der Waals surface area contributed by atoms with Crippen LogP contribution in [-0.4, -0.2) is 38.4 Å². The Morgan fingerprint density at radius 2 is 2.04 bits per heavy atom. The fourth-order valence-corrected chi connectivity index (χ4v) is 3.31. The van der Waals surface area contributed by atoms with Gasteiger partial charge in [-0.1, -0.05) is 41.9 Å². The normalized spacial score (nSPS) is 15.6. The lowest BCUT2D eigenvalue weighted by atomic mass is 9.67. The molecule has 1 fully saturated rings. The smallest absolute Gasteiger partial charge is 0.191 e. The van der Waals surface area contributed by atoms with E-state index < -0.39 is 0 Å². The molecule has 1 aromatic carbocycles. The number of benzene rings is 1. The van der Waals surface area contributed by atoms with Gasteiger partial charge < -0.3 is 19.9 Å². The molecule has 27 heavy (non-hydrogen) atoms. The standard InChI is InChI=1S/C20H28N4O2.HI/c1-21-19(23-15-20(9-6-10-20)11-12-25-2)22-14-17-13-18(26-24-17)16-7-4-3-5-8-16;/h3-5,7-8,13H,6,9-12,14-15H2,1-2H3,(H2,21,22,23);1H. The van der Waals surface area contributed by atoms with Crippen LogP contribution >= 0.6 is 24.0 Å². The maximum Gasteiger partial charge on any atom is 0.191 e. The van der Waals surface area contributed by atoms with Crippen LogP contribution in [0.25, 0.3) is 11.3 Å². The Kier molecular flexibility index (Phi) is 8.56. The zero-order valence-electron chi connectivity index (χ0n) is 16.0. The maximum atomic E-state index is 5.44. The minimum absolute atomic E-state index is 0. The first kappa shape index (κ1) is 21.7. The topological polar surface area (TPSA) is 71.7 Å². The Hall–Kier alpha value is -1.61. The van der Waals surface area contributed by atoms with Crippen LogP contribution in [0.15, 0.2) is 45.9 Å². The number of methoxy groups -OCH3 is 1. The number of aliphatic imine (C=N–C) groups is 1. The van der Waals surface area contributed by atoms with E-state index >= 15 is 0 Å². The summed E-state index contributed by atoms with van der Waals surface area (Å²) >= 11 is 0. The summed E-state index contributed by atoms with van der Waals surface area (Å²) in [6, 6.07) is 11.9. The molecule has 0 aliphatic heterocycles. The molecule has 0 radical (unpaired) electrons. The van der Waals surface area contributed by atoms with Gasteiger partial charge in [-0.25, -0.2) is 0 Å². The first-order valence-corrected chi connectivity index (χ1v) is 9.19. The monoisotopic (exact) mass is 484 g/mol. The van der Waals surface area contributed by atoms with Gasteiger partial charge >= 0.3 is 0 Å².